The minimum Gasteiger partial charge on any atom is -0.494 e. The van der Waals surface area contributed by atoms with Crippen molar-refractivity contribution in [3.63, 3.8) is 0 Å². The van der Waals surface area contributed by atoms with Crippen LogP contribution in [0.3, 0.4) is 0 Å². The number of pyridine rings is 1. The number of aromatic nitrogens is 2. The normalized spacial score (nSPS) is 14.7. The number of benzene rings is 2. The standard InChI is InChI=1S/C26H26ClN3O2/c1-2-32-23-5-3-4-20(16-23)21-8-11-25-28-26(19-6-9-22(27)10-7-19)24(30(25)17-21)18-29-12-14-31-15-13-29/h3-11,16-17H,2,12-15,18H2,1H3. The number of hydrogen-bond acceptors (Lipinski definition) is 4. The maximum Gasteiger partial charge on any atom is 0.137 e. The third kappa shape index (κ3) is 4.37. The first-order valence-corrected chi connectivity index (χ1v) is 11.4. The van der Waals surface area contributed by atoms with Gasteiger partial charge in [0.1, 0.15) is 11.4 Å². The van der Waals surface area contributed by atoms with Crippen molar-refractivity contribution < 1.29 is 9.47 Å². The molecule has 0 unspecified atom stereocenters. The summed E-state index contributed by atoms with van der Waals surface area (Å²) in [5.41, 5.74) is 6.42. The zero-order valence-corrected chi connectivity index (χ0v) is 18.9. The van der Waals surface area contributed by atoms with E-state index in [0.717, 1.165) is 71.7 Å². The summed E-state index contributed by atoms with van der Waals surface area (Å²) in [6.07, 6.45) is 2.18. The Morgan fingerprint density at radius 3 is 2.53 bits per heavy atom. The third-order valence-electron chi connectivity index (χ3n) is 5.79. The molecule has 0 bridgehead atoms. The average Bonchev–Trinajstić information content (AvgIpc) is 3.18. The highest BCUT2D eigenvalue weighted by atomic mass is 35.5. The van der Waals surface area contributed by atoms with Gasteiger partial charge in [-0.05, 0) is 54.4 Å². The lowest BCUT2D eigenvalue weighted by atomic mass is 10.1. The Morgan fingerprint density at radius 1 is 0.969 bits per heavy atom. The summed E-state index contributed by atoms with van der Waals surface area (Å²) >= 11 is 6.14. The van der Waals surface area contributed by atoms with Crippen LogP contribution in [0.15, 0.2) is 66.9 Å². The van der Waals surface area contributed by atoms with Crippen molar-refractivity contribution in [2.24, 2.45) is 0 Å². The van der Waals surface area contributed by atoms with E-state index >= 15 is 0 Å². The van der Waals surface area contributed by atoms with Crippen molar-refractivity contribution in [2.45, 2.75) is 13.5 Å². The smallest absolute Gasteiger partial charge is 0.137 e. The number of ether oxygens (including phenoxy) is 2. The summed E-state index contributed by atoms with van der Waals surface area (Å²) in [6.45, 7) is 6.83. The van der Waals surface area contributed by atoms with Crippen LogP contribution in [0.4, 0.5) is 0 Å². The summed E-state index contributed by atoms with van der Waals surface area (Å²) in [7, 11) is 0. The second-order valence-electron chi connectivity index (χ2n) is 7.91. The second-order valence-corrected chi connectivity index (χ2v) is 8.35. The number of halogens is 1. The molecule has 6 heteroatoms. The van der Waals surface area contributed by atoms with Crippen molar-refractivity contribution in [1.82, 2.24) is 14.3 Å². The molecule has 0 atom stereocenters. The number of imidazole rings is 1. The summed E-state index contributed by atoms with van der Waals surface area (Å²) in [6, 6.07) is 20.4. The monoisotopic (exact) mass is 447 g/mol. The second kappa shape index (κ2) is 9.33. The Labute approximate surface area is 193 Å². The van der Waals surface area contributed by atoms with Gasteiger partial charge in [0.25, 0.3) is 0 Å². The van der Waals surface area contributed by atoms with Gasteiger partial charge in [0.15, 0.2) is 0 Å². The Kier molecular flexibility index (Phi) is 6.12. The largest absolute Gasteiger partial charge is 0.494 e. The van der Waals surface area contributed by atoms with Gasteiger partial charge < -0.3 is 13.9 Å². The molecule has 1 aliphatic rings. The van der Waals surface area contributed by atoms with Crippen LogP contribution in [0, 0.1) is 0 Å². The number of nitrogens with zero attached hydrogens (tertiary/aromatic N) is 3. The number of fused-ring (bicyclic) bond motifs is 1. The summed E-state index contributed by atoms with van der Waals surface area (Å²) in [4.78, 5) is 7.42. The summed E-state index contributed by atoms with van der Waals surface area (Å²) in [5.74, 6) is 0.881. The molecular weight excluding hydrogens is 422 g/mol. The zero-order chi connectivity index (χ0) is 21.9. The van der Waals surface area contributed by atoms with Crippen molar-refractivity contribution in [1.29, 1.82) is 0 Å². The van der Waals surface area contributed by atoms with Crippen molar-refractivity contribution in [3.05, 3.63) is 77.6 Å². The third-order valence-corrected chi connectivity index (χ3v) is 6.04. The lowest BCUT2D eigenvalue weighted by Crippen LogP contribution is -2.36. The molecule has 5 rings (SSSR count). The van der Waals surface area contributed by atoms with Crippen LogP contribution < -0.4 is 4.74 Å². The minimum atomic E-state index is 0.651. The Morgan fingerprint density at radius 2 is 1.75 bits per heavy atom. The fourth-order valence-corrected chi connectivity index (χ4v) is 4.28. The van der Waals surface area contributed by atoms with Gasteiger partial charge in [-0.3, -0.25) is 4.90 Å². The van der Waals surface area contributed by atoms with E-state index in [2.05, 4.69) is 39.8 Å². The van der Waals surface area contributed by atoms with E-state index in [0.29, 0.717) is 6.61 Å². The first kappa shape index (κ1) is 21.0. The highest BCUT2D eigenvalue weighted by molar-refractivity contribution is 6.30. The molecule has 0 aliphatic carbocycles. The molecule has 1 saturated heterocycles. The van der Waals surface area contributed by atoms with E-state index in [4.69, 9.17) is 26.1 Å². The quantitative estimate of drug-likeness (QED) is 0.388. The lowest BCUT2D eigenvalue weighted by molar-refractivity contribution is 0.0336. The van der Waals surface area contributed by atoms with Gasteiger partial charge in [-0.25, -0.2) is 4.98 Å². The fourth-order valence-electron chi connectivity index (χ4n) is 4.16. The summed E-state index contributed by atoms with van der Waals surface area (Å²) in [5, 5.41) is 0.726. The SMILES string of the molecule is CCOc1cccc(-c2ccc3nc(-c4ccc(Cl)cc4)c(CN4CCOCC4)n3c2)c1. The van der Waals surface area contributed by atoms with E-state index in [9.17, 15) is 0 Å². The Hall–Kier alpha value is -2.86. The van der Waals surface area contributed by atoms with E-state index in [-0.39, 0.29) is 0 Å². The van der Waals surface area contributed by atoms with Crippen molar-refractivity contribution >= 4 is 17.2 Å². The predicted octanol–water partition coefficient (Wildman–Crippen LogP) is 5.55. The maximum atomic E-state index is 6.14. The van der Waals surface area contributed by atoms with Crippen molar-refractivity contribution in [2.75, 3.05) is 32.9 Å². The van der Waals surface area contributed by atoms with Crippen LogP contribution in [0.5, 0.6) is 5.75 Å². The predicted molar refractivity (Wildman–Crippen MR) is 128 cm³/mol. The lowest BCUT2D eigenvalue weighted by Gasteiger charge is -2.26. The maximum absolute atomic E-state index is 6.14. The zero-order valence-electron chi connectivity index (χ0n) is 18.1. The van der Waals surface area contributed by atoms with Gasteiger partial charge in [0.2, 0.25) is 0 Å². The van der Waals surface area contributed by atoms with Crippen LogP contribution >= 0.6 is 11.6 Å². The number of hydrogen-bond donors (Lipinski definition) is 0. The topological polar surface area (TPSA) is 39.0 Å². The molecular formula is C26H26ClN3O2. The van der Waals surface area contributed by atoms with E-state index in [1.54, 1.807) is 0 Å². The van der Waals surface area contributed by atoms with E-state index < -0.39 is 0 Å². The molecule has 0 amide bonds. The highest BCUT2D eigenvalue weighted by Crippen LogP contribution is 2.30. The number of morpholine rings is 1. The molecule has 1 fully saturated rings. The molecule has 0 radical (unpaired) electrons. The van der Waals surface area contributed by atoms with Gasteiger partial charge in [-0.2, -0.15) is 0 Å². The molecule has 2 aromatic heterocycles. The van der Waals surface area contributed by atoms with E-state index in [1.165, 1.54) is 5.69 Å². The average molecular weight is 448 g/mol. The molecule has 0 spiro atoms. The van der Waals surface area contributed by atoms with E-state index in [1.807, 2.05) is 43.3 Å². The van der Waals surface area contributed by atoms with Gasteiger partial charge in [-0.1, -0.05) is 35.9 Å². The Bertz CT molecular complexity index is 1210. The van der Waals surface area contributed by atoms with Gasteiger partial charge in [0.05, 0.1) is 31.2 Å². The molecule has 0 saturated carbocycles. The van der Waals surface area contributed by atoms with Gasteiger partial charge >= 0.3 is 0 Å². The van der Waals surface area contributed by atoms with Crippen LogP contribution in [-0.4, -0.2) is 47.2 Å². The highest BCUT2D eigenvalue weighted by Gasteiger charge is 2.19. The Balaban J connectivity index is 1.61. The van der Waals surface area contributed by atoms with Gasteiger partial charge in [0, 0.05) is 36.4 Å². The first-order valence-electron chi connectivity index (χ1n) is 11.0. The molecule has 0 N–H and O–H groups in total. The molecule has 32 heavy (non-hydrogen) atoms. The van der Waals surface area contributed by atoms with Crippen LogP contribution in [0.25, 0.3) is 28.0 Å². The first-order chi connectivity index (χ1) is 15.7. The number of rotatable bonds is 6. The summed E-state index contributed by atoms with van der Waals surface area (Å²) < 4.78 is 13.5. The molecule has 4 aromatic rings. The molecule has 3 heterocycles. The van der Waals surface area contributed by atoms with Crippen molar-refractivity contribution in [3.8, 4) is 28.1 Å². The fraction of sp³-hybridized carbons (Fsp3) is 0.269. The van der Waals surface area contributed by atoms with Crippen LogP contribution in [0.1, 0.15) is 12.6 Å². The molecule has 1 aliphatic heterocycles. The molecule has 2 aromatic carbocycles. The molecule has 164 valence electrons. The van der Waals surface area contributed by atoms with Crippen LogP contribution in [0.2, 0.25) is 5.02 Å². The minimum absolute atomic E-state index is 0.651. The van der Waals surface area contributed by atoms with Gasteiger partial charge in [-0.15, -0.1) is 0 Å². The van der Waals surface area contributed by atoms with Crippen LogP contribution in [-0.2, 0) is 11.3 Å². The molecule has 5 nitrogen and oxygen atoms in total.